The first kappa shape index (κ1) is 28.3. The van der Waals surface area contributed by atoms with Gasteiger partial charge in [-0.25, -0.2) is 0 Å². The highest BCUT2D eigenvalue weighted by Gasteiger charge is 2.75. The van der Waals surface area contributed by atoms with Crippen molar-refractivity contribution in [1.82, 2.24) is 0 Å². The average Bonchev–Trinajstić information content (AvgIpc) is 2.78. The normalized spacial score (nSPS) is 33.4. The summed E-state index contributed by atoms with van der Waals surface area (Å²) in [5.41, 5.74) is -1.35. The highest BCUT2D eigenvalue weighted by molar-refractivity contribution is 6.34. The highest BCUT2D eigenvalue weighted by atomic mass is 16.5. The van der Waals surface area contributed by atoms with Crippen molar-refractivity contribution in [3.05, 3.63) is 46.8 Å². The van der Waals surface area contributed by atoms with Crippen LogP contribution in [0.3, 0.4) is 0 Å². The van der Waals surface area contributed by atoms with Crippen molar-refractivity contribution >= 4 is 17.3 Å². The van der Waals surface area contributed by atoms with Crippen LogP contribution in [0.1, 0.15) is 101 Å². The third kappa shape index (κ3) is 4.19. The Morgan fingerprint density at radius 2 is 1.69 bits per heavy atom. The summed E-state index contributed by atoms with van der Waals surface area (Å²) in [4.78, 5) is 43.9. The summed E-state index contributed by atoms with van der Waals surface area (Å²) in [6, 6.07) is 0. The molecule has 5 atom stereocenters. The second-order valence-corrected chi connectivity index (χ2v) is 12.9. The van der Waals surface area contributed by atoms with Gasteiger partial charge < -0.3 is 4.74 Å². The fourth-order valence-corrected chi connectivity index (χ4v) is 6.68. The molecule has 0 aromatic rings. The van der Waals surface area contributed by atoms with Crippen LogP contribution in [0.25, 0.3) is 0 Å². The maximum absolute atomic E-state index is 14.8. The monoisotopic (exact) mass is 494 g/mol. The van der Waals surface area contributed by atoms with Gasteiger partial charge in [0.2, 0.25) is 0 Å². The first-order valence-electron chi connectivity index (χ1n) is 13.6. The van der Waals surface area contributed by atoms with Crippen LogP contribution >= 0.6 is 0 Å². The van der Waals surface area contributed by atoms with Crippen LogP contribution in [0, 0.1) is 28.1 Å². The number of rotatable bonds is 8. The van der Waals surface area contributed by atoms with Crippen LogP contribution in [0.4, 0.5) is 0 Å². The maximum atomic E-state index is 14.8. The van der Waals surface area contributed by atoms with E-state index in [0.717, 1.165) is 12.8 Å². The molecule has 1 aliphatic heterocycles. The Bertz CT molecular complexity index is 1080. The molecule has 198 valence electrons. The SMILES string of the molecule is CCC(C)C(=O)[C@]12C(=O)C3=C(OC(C)(C)C=C3)[C@](C)(C[C@@H](CC=C(C)C)[C@]1(C)CCC=C(C)C)C2=O. The van der Waals surface area contributed by atoms with Crippen molar-refractivity contribution in [3.63, 3.8) is 0 Å². The minimum atomic E-state index is -1.71. The third-order valence-electron chi connectivity index (χ3n) is 9.06. The number of Topliss-reactive ketones (excluding diaryl/α,β-unsaturated/α-hetero) is 3. The molecule has 0 amide bonds. The lowest BCUT2D eigenvalue weighted by Crippen LogP contribution is -2.71. The van der Waals surface area contributed by atoms with Crippen LogP contribution in [0.15, 0.2) is 46.8 Å². The molecule has 0 radical (unpaired) electrons. The third-order valence-corrected chi connectivity index (χ3v) is 9.06. The van der Waals surface area contributed by atoms with Gasteiger partial charge in [0.25, 0.3) is 0 Å². The highest BCUT2D eigenvalue weighted by Crippen LogP contribution is 2.67. The Balaban J connectivity index is 2.38. The molecule has 3 rings (SSSR count). The molecule has 4 nitrogen and oxygen atoms in total. The summed E-state index contributed by atoms with van der Waals surface area (Å²) in [5.74, 6) is -0.755. The molecule has 1 fully saturated rings. The van der Waals surface area contributed by atoms with Gasteiger partial charge in [-0.1, -0.05) is 44.1 Å². The average molecular weight is 495 g/mol. The fraction of sp³-hybridized carbons (Fsp3) is 0.656. The van der Waals surface area contributed by atoms with Crippen LogP contribution in [-0.4, -0.2) is 23.0 Å². The van der Waals surface area contributed by atoms with Gasteiger partial charge in [-0.2, -0.15) is 0 Å². The van der Waals surface area contributed by atoms with E-state index < -0.39 is 21.8 Å². The van der Waals surface area contributed by atoms with Crippen molar-refractivity contribution in [1.29, 1.82) is 0 Å². The molecule has 4 heteroatoms. The Morgan fingerprint density at radius 1 is 1.08 bits per heavy atom. The Morgan fingerprint density at radius 3 is 2.25 bits per heavy atom. The summed E-state index contributed by atoms with van der Waals surface area (Å²) in [6.45, 7) is 19.9. The van der Waals surface area contributed by atoms with Crippen LogP contribution < -0.4 is 0 Å². The fourth-order valence-electron chi connectivity index (χ4n) is 6.68. The first-order valence-corrected chi connectivity index (χ1v) is 13.6. The minimum Gasteiger partial charge on any atom is -0.486 e. The van der Waals surface area contributed by atoms with E-state index in [4.69, 9.17) is 4.74 Å². The lowest BCUT2D eigenvalue weighted by atomic mass is 9.38. The lowest BCUT2D eigenvalue weighted by molar-refractivity contribution is -0.181. The van der Waals surface area contributed by atoms with E-state index in [0.29, 0.717) is 30.6 Å². The van der Waals surface area contributed by atoms with Gasteiger partial charge in [-0.3, -0.25) is 14.4 Å². The number of hydrogen-bond acceptors (Lipinski definition) is 4. The summed E-state index contributed by atoms with van der Waals surface area (Å²) in [6.07, 6.45) is 11.3. The van der Waals surface area contributed by atoms with E-state index in [2.05, 4.69) is 39.8 Å². The molecule has 1 heterocycles. The number of ether oxygens (including phenoxy) is 1. The molecule has 1 saturated carbocycles. The van der Waals surface area contributed by atoms with Gasteiger partial charge >= 0.3 is 0 Å². The lowest BCUT2D eigenvalue weighted by Gasteiger charge is -2.61. The number of ketones is 3. The van der Waals surface area contributed by atoms with Crippen LogP contribution in [0.5, 0.6) is 0 Å². The Hall–Kier alpha value is -2.23. The second-order valence-electron chi connectivity index (χ2n) is 12.9. The standard InChI is InChI=1S/C32H46O4/c1-11-22(6)25(33)32-26(34)24-16-18-29(7,8)36-27(24)30(9,28(32)35)19-23(15-14-21(4)5)31(32,10)17-12-13-20(2)3/h13-14,16,18,22-23H,11-12,15,17,19H2,1-10H3/t22?,23-,30+,31+,32-/m1/s1. The zero-order valence-electron chi connectivity index (χ0n) is 24.1. The van der Waals surface area contributed by atoms with E-state index in [1.165, 1.54) is 11.1 Å². The van der Waals surface area contributed by atoms with E-state index in [1.807, 2.05) is 53.7 Å². The number of carbonyl (C=O) groups is 3. The van der Waals surface area contributed by atoms with Gasteiger partial charge in [0.05, 0.1) is 11.0 Å². The summed E-state index contributed by atoms with van der Waals surface area (Å²) in [5, 5.41) is 0. The summed E-state index contributed by atoms with van der Waals surface area (Å²) < 4.78 is 6.39. The van der Waals surface area contributed by atoms with Crippen molar-refractivity contribution in [2.24, 2.45) is 28.1 Å². The molecule has 1 unspecified atom stereocenters. The van der Waals surface area contributed by atoms with Gasteiger partial charge in [-0.15, -0.1) is 0 Å². The number of carbonyl (C=O) groups excluding carboxylic acids is 3. The summed E-state index contributed by atoms with van der Waals surface area (Å²) in [7, 11) is 0. The molecule has 0 aromatic carbocycles. The number of hydrogen-bond donors (Lipinski definition) is 0. The molecule has 3 aliphatic rings. The predicted octanol–water partition coefficient (Wildman–Crippen LogP) is 7.49. The molecular weight excluding hydrogens is 448 g/mol. The van der Waals surface area contributed by atoms with Gasteiger partial charge in [0, 0.05) is 5.92 Å². The van der Waals surface area contributed by atoms with Gasteiger partial charge in [-0.05, 0) is 104 Å². The van der Waals surface area contributed by atoms with Gasteiger partial charge in [0.1, 0.15) is 11.4 Å². The van der Waals surface area contributed by atoms with Crippen molar-refractivity contribution < 1.29 is 19.1 Å². The number of allylic oxidation sites excluding steroid dienone is 7. The smallest absolute Gasteiger partial charge is 0.187 e. The number of fused-ring (bicyclic) bond motifs is 3. The van der Waals surface area contributed by atoms with E-state index in [-0.39, 0.29) is 29.2 Å². The molecule has 0 saturated heterocycles. The van der Waals surface area contributed by atoms with Crippen molar-refractivity contribution in [3.8, 4) is 0 Å². The molecule has 2 aliphatic carbocycles. The molecule has 2 bridgehead atoms. The zero-order valence-corrected chi connectivity index (χ0v) is 24.1. The predicted molar refractivity (Wildman–Crippen MR) is 145 cm³/mol. The Labute approximate surface area is 218 Å². The van der Waals surface area contributed by atoms with Crippen molar-refractivity contribution in [2.45, 2.75) is 107 Å². The quantitative estimate of drug-likeness (QED) is 0.259. The summed E-state index contributed by atoms with van der Waals surface area (Å²) >= 11 is 0. The van der Waals surface area contributed by atoms with E-state index >= 15 is 0 Å². The zero-order chi connectivity index (χ0) is 27.3. The second kappa shape index (κ2) is 9.58. The van der Waals surface area contributed by atoms with Gasteiger partial charge in [0.15, 0.2) is 22.8 Å². The maximum Gasteiger partial charge on any atom is 0.187 e. The van der Waals surface area contributed by atoms with Crippen LogP contribution in [0.2, 0.25) is 0 Å². The molecule has 0 aromatic heterocycles. The first-order chi connectivity index (χ1) is 16.6. The largest absolute Gasteiger partial charge is 0.486 e. The molecule has 36 heavy (non-hydrogen) atoms. The molecular formula is C32H46O4. The van der Waals surface area contributed by atoms with Crippen molar-refractivity contribution in [2.75, 3.05) is 0 Å². The molecule has 0 spiro atoms. The van der Waals surface area contributed by atoms with Crippen LogP contribution in [-0.2, 0) is 19.1 Å². The Kier molecular flexibility index (Phi) is 7.54. The minimum absolute atomic E-state index is 0.0238. The van der Waals surface area contributed by atoms with E-state index in [9.17, 15) is 14.4 Å². The van der Waals surface area contributed by atoms with E-state index in [1.54, 1.807) is 0 Å². The molecule has 0 N–H and O–H groups in total. The topological polar surface area (TPSA) is 60.4 Å².